The Labute approximate surface area is 145 Å². The van der Waals surface area contributed by atoms with Gasteiger partial charge in [0.15, 0.2) is 0 Å². The molecule has 0 radical (unpaired) electrons. The van der Waals surface area contributed by atoms with E-state index < -0.39 is 0 Å². The summed E-state index contributed by atoms with van der Waals surface area (Å²) in [5.41, 5.74) is 0. The fraction of sp³-hybridized carbons (Fsp3) is 0.562. The van der Waals surface area contributed by atoms with Crippen molar-refractivity contribution in [2.24, 2.45) is 0 Å². The van der Waals surface area contributed by atoms with Crippen molar-refractivity contribution < 1.29 is 9.53 Å². The van der Waals surface area contributed by atoms with E-state index >= 15 is 0 Å². The van der Waals surface area contributed by atoms with E-state index in [0.717, 1.165) is 23.1 Å². The number of nitrogens with one attached hydrogen (secondary N) is 2. The Morgan fingerprint density at radius 1 is 1.32 bits per heavy atom. The Balaban J connectivity index is 0.00000176. The third-order valence-corrected chi connectivity index (χ3v) is 4.73. The van der Waals surface area contributed by atoms with Gasteiger partial charge in [-0.1, -0.05) is 22.0 Å². The number of ether oxygens (including phenoxy) is 1. The fourth-order valence-corrected chi connectivity index (χ4v) is 3.67. The predicted octanol–water partition coefficient (Wildman–Crippen LogP) is 3.04. The molecule has 6 heteroatoms. The van der Waals surface area contributed by atoms with Crippen molar-refractivity contribution in [2.75, 3.05) is 6.61 Å². The Bertz CT molecular complexity index is 503. The van der Waals surface area contributed by atoms with Crippen molar-refractivity contribution in [1.29, 1.82) is 0 Å². The molecule has 2 bridgehead atoms. The second-order valence-electron chi connectivity index (χ2n) is 5.93. The zero-order valence-electron chi connectivity index (χ0n) is 12.4. The van der Waals surface area contributed by atoms with Crippen LogP contribution in [0.25, 0.3) is 0 Å². The summed E-state index contributed by atoms with van der Waals surface area (Å²) < 4.78 is 6.58. The lowest BCUT2D eigenvalue weighted by Crippen LogP contribution is -2.48. The Morgan fingerprint density at radius 3 is 2.73 bits per heavy atom. The van der Waals surface area contributed by atoms with Gasteiger partial charge >= 0.3 is 0 Å². The monoisotopic (exact) mass is 388 g/mol. The van der Waals surface area contributed by atoms with Gasteiger partial charge in [0.25, 0.3) is 0 Å². The topological polar surface area (TPSA) is 50.4 Å². The minimum atomic E-state index is 0. The molecule has 1 amide bonds. The van der Waals surface area contributed by atoms with Gasteiger partial charge in [-0.05, 0) is 43.9 Å². The van der Waals surface area contributed by atoms with Crippen LogP contribution in [0.3, 0.4) is 0 Å². The van der Waals surface area contributed by atoms with Crippen LogP contribution in [-0.4, -0.2) is 30.6 Å². The number of halogens is 2. The second-order valence-corrected chi connectivity index (χ2v) is 6.85. The van der Waals surface area contributed by atoms with E-state index in [1.807, 2.05) is 24.3 Å². The predicted molar refractivity (Wildman–Crippen MR) is 92.6 cm³/mol. The van der Waals surface area contributed by atoms with Gasteiger partial charge in [0.05, 0.1) is 13.0 Å². The van der Waals surface area contributed by atoms with Crippen LogP contribution in [0.1, 0.15) is 32.1 Å². The van der Waals surface area contributed by atoms with E-state index in [9.17, 15) is 4.79 Å². The van der Waals surface area contributed by atoms with Crippen LogP contribution in [0, 0.1) is 0 Å². The van der Waals surface area contributed by atoms with E-state index in [2.05, 4.69) is 26.6 Å². The van der Waals surface area contributed by atoms with Gasteiger partial charge in [-0.25, -0.2) is 0 Å². The molecule has 0 saturated carbocycles. The maximum Gasteiger partial charge on any atom is 0.223 e. The quantitative estimate of drug-likeness (QED) is 0.814. The number of hydrogen-bond donors (Lipinski definition) is 2. The summed E-state index contributed by atoms with van der Waals surface area (Å²) in [4.78, 5) is 12.0. The van der Waals surface area contributed by atoms with Crippen LogP contribution >= 0.6 is 28.3 Å². The van der Waals surface area contributed by atoms with E-state index in [-0.39, 0.29) is 18.3 Å². The van der Waals surface area contributed by atoms with Gasteiger partial charge < -0.3 is 15.4 Å². The molecular weight excluding hydrogens is 368 g/mol. The molecule has 2 saturated heterocycles. The second kappa shape index (κ2) is 8.18. The van der Waals surface area contributed by atoms with Gasteiger partial charge in [0.2, 0.25) is 5.91 Å². The number of carbonyl (C=O) groups excluding carboxylic acids is 1. The molecule has 0 aliphatic carbocycles. The van der Waals surface area contributed by atoms with E-state index in [1.54, 1.807) is 0 Å². The first-order valence-electron chi connectivity index (χ1n) is 7.63. The molecule has 4 nitrogen and oxygen atoms in total. The van der Waals surface area contributed by atoms with Gasteiger partial charge in [0, 0.05) is 22.6 Å². The largest absolute Gasteiger partial charge is 0.493 e. The number of rotatable bonds is 5. The zero-order chi connectivity index (χ0) is 14.7. The minimum absolute atomic E-state index is 0. The van der Waals surface area contributed by atoms with Gasteiger partial charge in [-0.3, -0.25) is 4.79 Å². The zero-order valence-corrected chi connectivity index (χ0v) is 14.8. The molecule has 2 aliphatic heterocycles. The molecular formula is C16H22BrClN2O2. The molecule has 2 N–H and O–H groups in total. The molecule has 3 rings (SSSR count). The lowest BCUT2D eigenvalue weighted by atomic mass is 10.00. The molecule has 2 aliphatic rings. The highest BCUT2D eigenvalue weighted by molar-refractivity contribution is 9.10. The van der Waals surface area contributed by atoms with Crippen molar-refractivity contribution in [2.45, 2.75) is 50.2 Å². The Kier molecular flexibility index (Phi) is 6.53. The van der Waals surface area contributed by atoms with Crippen molar-refractivity contribution >= 4 is 34.2 Å². The first-order chi connectivity index (χ1) is 10.2. The molecule has 2 fully saturated rings. The number of carbonyl (C=O) groups is 1. The van der Waals surface area contributed by atoms with Crippen LogP contribution in [-0.2, 0) is 4.79 Å². The smallest absolute Gasteiger partial charge is 0.223 e. The fourth-order valence-electron chi connectivity index (χ4n) is 3.29. The molecule has 2 heterocycles. The molecule has 22 heavy (non-hydrogen) atoms. The summed E-state index contributed by atoms with van der Waals surface area (Å²) >= 11 is 3.40. The number of fused-ring (bicyclic) bond motifs is 2. The Hall–Kier alpha value is -0.780. The molecule has 0 aromatic heterocycles. The third kappa shape index (κ3) is 4.86. The minimum Gasteiger partial charge on any atom is -0.493 e. The maximum absolute atomic E-state index is 12.0. The molecule has 2 atom stereocenters. The number of benzene rings is 1. The summed E-state index contributed by atoms with van der Waals surface area (Å²) in [5.74, 6) is 0.883. The van der Waals surface area contributed by atoms with Crippen molar-refractivity contribution in [1.82, 2.24) is 10.6 Å². The third-order valence-electron chi connectivity index (χ3n) is 4.23. The van der Waals surface area contributed by atoms with Gasteiger partial charge in [-0.15, -0.1) is 12.4 Å². The average Bonchev–Trinajstić information content (AvgIpc) is 2.78. The summed E-state index contributed by atoms with van der Waals surface area (Å²) in [6, 6.07) is 9.21. The number of amides is 1. The van der Waals surface area contributed by atoms with Crippen molar-refractivity contribution in [3.8, 4) is 5.75 Å². The lowest BCUT2D eigenvalue weighted by molar-refractivity contribution is -0.122. The van der Waals surface area contributed by atoms with Crippen LogP contribution in [0.5, 0.6) is 5.75 Å². The maximum atomic E-state index is 12.0. The van der Waals surface area contributed by atoms with Crippen LogP contribution in [0.2, 0.25) is 0 Å². The Morgan fingerprint density at radius 2 is 2.05 bits per heavy atom. The van der Waals surface area contributed by atoms with E-state index in [0.29, 0.717) is 31.2 Å². The SMILES string of the molecule is Cl.O=C(CCOc1cccc(Br)c1)NC1CC2CCC(C1)N2. The summed E-state index contributed by atoms with van der Waals surface area (Å²) in [5, 5.41) is 6.73. The highest BCUT2D eigenvalue weighted by Crippen LogP contribution is 2.26. The molecule has 122 valence electrons. The first kappa shape index (κ1) is 17.6. The molecule has 2 unspecified atom stereocenters. The molecule has 0 spiro atoms. The first-order valence-corrected chi connectivity index (χ1v) is 8.42. The summed E-state index contributed by atoms with van der Waals surface area (Å²) in [6.45, 7) is 0.417. The molecule has 1 aromatic rings. The van der Waals surface area contributed by atoms with Crippen LogP contribution in [0.15, 0.2) is 28.7 Å². The highest BCUT2D eigenvalue weighted by Gasteiger charge is 2.33. The summed E-state index contributed by atoms with van der Waals surface area (Å²) in [6.07, 6.45) is 5.04. The van der Waals surface area contributed by atoms with Crippen molar-refractivity contribution in [3.05, 3.63) is 28.7 Å². The summed E-state index contributed by atoms with van der Waals surface area (Å²) in [7, 11) is 0. The standard InChI is InChI=1S/C16H21BrN2O2.ClH/c17-11-2-1-3-15(8-11)21-7-6-16(20)19-14-9-12-4-5-13(10-14)18-12;/h1-3,8,12-14,18H,4-7,9-10H2,(H,19,20);1H. The average molecular weight is 390 g/mol. The van der Waals surface area contributed by atoms with Gasteiger partial charge in [-0.2, -0.15) is 0 Å². The lowest BCUT2D eigenvalue weighted by Gasteiger charge is -2.29. The van der Waals surface area contributed by atoms with Crippen molar-refractivity contribution in [3.63, 3.8) is 0 Å². The van der Waals surface area contributed by atoms with E-state index in [4.69, 9.17) is 4.74 Å². The van der Waals surface area contributed by atoms with Crippen LogP contribution < -0.4 is 15.4 Å². The molecule has 1 aromatic carbocycles. The van der Waals surface area contributed by atoms with Crippen LogP contribution in [0.4, 0.5) is 0 Å². The van der Waals surface area contributed by atoms with E-state index in [1.165, 1.54) is 12.8 Å². The normalized spacial score (nSPS) is 26.1. The number of hydrogen-bond acceptors (Lipinski definition) is 3. The highest BCUT2D eigenvalue weighted by atomic mass is 79.9. The van der Waals surface area contributed by atoms with Gasteiger partial charge in [0.1, 0.15) is 5.75 Å². The number of piperidine rings is 1.